The van der Waals surface area contributed by atoms with E-state index in [9.17, 15) is 33.0 Å². The maximum Gasteiger partial charge on any atom is 0.272 e. The number of aliphatic hydroxyl groups excluding tert-OH is 2. The minimum absolute atomic E-state index is 0.0402. The summed E-state index contributed by atoms with van der Waals surface area (Å²) in [5.41, 5.74) is -0.179. The molecule has 0 aliphatic carbocycles. The first kappa shape index (κ1) is 29.4. The minimum Gasteiger partial charge on any atom is -0.443 e. The summed E-state index contributed by atoms with van der Waals surface area (Å²) in [5, 5.41) is 21.3. The number of carbonyl (C=O) groups excluding carboxylic acids is 2. The smallest absolute Gasteiger partial charge is 0.272 e. The number of alkyl halides is 2. The van der Waals surface area contributed by atoms with Gasteiger partial charge in [-0.3, -0.25) is 14.5 Å². The van der Waals surface area contributed by atoms with Crippen LogP contribution in [0.5, 0.6) is 5.75 Å². The number of Topliss-reactive ketones (excluding diaryl/α,β-unsaturated/α-hetero) is 1. The van der Waals surface area contributed by atoms with Crippen LogP contribution in [0.3, 0.4) is 0 Å². The molecule has 0 radical (unpaired) electrons. The molecule has 2 N–H and O–H groups in total. The number of rotatable bonds is 9. The molecular formula is C26H27F3NO7PS. The lowest BCUT2D eigenvalue weighted by atomic mass is 9.96. The molecule has 1 saturated heterocycles. The van der Waals surface area contributed by atoms with Gasteiger partial charge in [0.2, 0.25) is 18.2 Å². The molecule has 5 atom stereocenters. The topological polar surface area (TPSA) is 106 Å². The average molecular weight is 586 g/mol. The van der Waals surface area contributed by atoms with Crippen LogP contribution in [0.4, 0.5) is 13.2 Å². The van der Waals surface area contributed by atoms with Crippen LogP contribution in [0.15, 0.2) is 60.6 Å². The zero-order valence-corrected chi connectivity index (χ0v) is 22.7. The maximum atomic E-state index is 14.5. The summed E-state index contributed by atoms with van der Waals surface area (Å²) < 4.78 is 60.2. The van der Waals surface area contributed by atoms with Crippen molar-refractivity contribution in [1.29, 1.82) is 0 Å². The Bertz CT molecular complexity index is 1260. The van der Waals surface area contributed by atoms with Gasteiger partial charge in [-0.25, -0.2) is 13.2 Å². The molecule has 0 spiro atoms. The Morgan fingerprint density at radius 1 is 1.10 bits per heavy atom. The van der Waals surface area contributed by atoms with Gasteiger partial charge in [-0.1, -0.05) is 47.5 Å². The van der Waals surface area contributed by atoms with Gasteiger partial charge in [0, 0.05) is 6.20 Å². The third kappa shape index (κ3) is 6.26. The predicted octanol–water partition coefficient (Wildman–Crippen LogP) is 3.90. The molecule has 2 aromatic carbocycles. The second-order valence-corrected chi connectivity index (χ2v) is 13.2. The van der Waals surface area contributed by atoms with E-state index in [-0.39, 0.29) is 6.16 Å². The van der Waals surface area contributed by atoms with E-state index in [0.29, 0.717) is 16.8 Å². The van der Waals surface area contributed by atoms with E-state index in [1.807, 2.05) is 26.0 Å². The number of ether oxygens (including phenoxy) is 1. The number of aliphatic hydroxyl groups is 2. The molecule has 0 aromatic heterocycles. The van der Waals surface area contributed by atoms with Gasteiger partial charge in [0.1, 0.15) is 18.0 Å². The monoisotopic (exact) mass is 585 g/mol. The van der Waals surface area contributed by atoms with Crippen LogP contribution in [-0.4, -0.2) is 63.9 Å². The van der Waals surface area contributed by atoms with E-state index in [4.69, 9.17) is 25.6 Å². The van der Waals surface area contributed by atoms with E-state index < -0.39 is 67.5 Å². The number of aryl methyl sites for hydroxylation is 2. The van der Waals surface area contributed by atoms with Crippen LogP contribution in [0, 0.1) is 13.8 Å². The molecule has 210 valence electrons. The molecule has 2 aliphatic rings. The molecule has 1 unspecified atom stereocenters. The molecule has 8 nitrogen and oxygen atoms in total. The van der Waals surface area contributed by atoms with Crippen LogP contribution >= 0.6 is 6.49 Å². The van der Waals surface area contributed by atoms with Gasteiger partial charge in [0.25, 0.3) is 6.43 Å². The standard InChI is InChI=1S/C26H27F3NO7PS/c1-15-3-7-17(8-4-15)13-38(39,37-18-9-5-16(2)6-10-18)35-14-26(25(28)29)23(34)22(33)24(36-26)30-12-19(27)20(31)11-21(30)32/h3-10,12,22-25,33-34H,11,13-14H2,1-2H3/t22-,23+,24-,26-,38?/m1/s1. The number of allylic oxidation sites excluding steroid dienone is 1. The number of halogens is 3. The van der Waals surface area contributed by atoms with Crippen LogP contribution in [0.1, 0.15) is 23.1 Å². The van der Waals surface area contributed by atoms with Crippen LogP contribution < -0.4 is 4.52 Å². The molecule has 2 heterocycles. The van der Waals surface area contributed by atoms with Crippen molar-refractivity contribution in [3.05, 3.63) is 77.2 Å². The van der Waals surface area contributed by atoms with Gasteiger partial charge in [0.05, 0.1) is 19.2 Å². The average Bonchev–Trinajstić information content (AvgIpc) is 3.14. The molecule has 0 bridgehead atoms. The van der Waals surface area contributed by atoms with Crippen LogP contribution in [-0.2, 0) is 36.8 Å². The van der Waals surface area contributed by atoms with E-state index in [1.165, 1.54) is 0 Å². The van der Waals surface area contributed by atoms with Crippen LogP contribution in [0.25, 0.3) is 0 Å². The fourth-order valence-corrected chi connectivity index (χ4v) is 6.74. The van der Waals surface area contributed by atoms with Crippen molar-refractivity contribution in [3.8, 4) is 5.75 Å². The first-order valence-electron chi connectivity index (χ1n) is 11.9. The Kier molecular flexibility index (Phi) is 8.65. The summed E-state index contributed by atoms with van der Waals surface area (Å²) in [5.74, 6) is -3.06. The second kappa shape index (κ2) is 11.5. The molecule has 2 aromatic rings. The van der Waals surface area contributed by atoms with Gasteiger partial charge in [-0.05, 0) is 43.4 Å². The third-order valence-electron chi connectivity index (χ3n) is 6.47. The van der Waals surface area contributed by atoms with Gasteiger partial charge in [0.15, 0.2) is 17.7 Å². The van der Waals surface area contributed by atoms with E-state index in [0.717, 1.165) is 16.7 Å². The molecule has 1 amide bonds. The summed E-state index contributed by atoms with van der Waals surface area (Å²) in [6.07, 6.45) is -10.0. The maximum absolute atomic E-state index is 14.5. The number of ketones is 1. The SMILES string of the molecule is Cc1ccc(CP(=S)(OC[C@@]2(C(F)F)O[C@@H](N3C=C(F)C(=O)CC3=O)[C@H](O)[C@@H]2O)Oc2ccc(C)cc2)cc1. The molecule has 2 aliphatic heterocycles. The fraction of sp³-hybridized carbons (Fsp3) is 0.385. The van der Waals surface area contributed by atoms with E-state index >= 15 is 0 Å². The molecule has 4 rings (SSSR count). The number of hydrogen-bond acceptors (Lipinski definition) is 8. The van der Waals surface area contributed by atoms with Crippen molar-refractivity contribution < 1.29 is 46.8 Å². The Morgan fingerprint density at radius 3 is 2.28 bits per heavy atom. The lowest BCUT2D eigenvalue weighted by Gasteiger charge is -2.34. The Morgan fingerprint density at radius 2 is 1.69 bits per heavy atom. The zero-order valence-electron chi connectivity index (χ0n) is 21.0. The first-order valence-corrected chi connectivity index (χ1v) is 14.7. The lowest BCUT2D eigenvalue weighted by molar-refractivity contribution is -0.199. The Balaban J connectivity index is 1.62. The third-order valence-corrected chi connectivity index (χ3v) is 9.16. The molecular weight excluding hydrogens is 558 g/mol. The highest BCUT2D eigenvalue weighted by atomic mass is 32.5. The fourth-order valence-electron chi connectivity index (χ4n) is 4.17. The quantitative estimate of drug-likeness (QED) is 0.337. The second-order valence-electron chi connectivity index (χ2n) is 9.51. The first-order chi connectivity index (χ1) is 18.3. The summed E-state index contributed by atoms with van der Waals surface area (Å²) in [4.78, 5) is 24.3. The highest BCUT2D eigenvalue weighted by molar-refractivity contribution is 8.09. The van der Waals surface area contributed by atoms with Crippen molar-refractivity contribution in [2.75, 3.05) is 6.61 Å². The number of hydrogen-bond donors (Lipinski definition) is 2. The number of nitrogens with zero attached hydrogens (tertiary/aromatic N) is 1. The normalized spacial score (nSPS) is 27.0. The number of amides is 1. The molecule has 1 fully saturated rings. The van der Waals surface area contributed by atoms with Gasteiger partial charge in [-0.15, -0.1) is 0 Å². The lowest BCUT2D eigenvalue weighted by Crippen LogP contribution is -2.52. The van der Waals surface area contributed by atoms with Gasteiger partial charge in [-0.2, -0.15) is 0 Å². The highest BCUT2D eigenvalue weighted by Gasteiger charge is 2.62. The van der Waals surface area contributed by atoms with Gasteiger partial charge < -0.3 is 24.0 Å². The van der Waals surface area contributed by atoms with Crippen molar-refractivity contribution in [2.24, 2.45) is 0 Å². The summed E-state index contributed by atoms with van der Waals surface area (Å²) in [6, 6.07) is 14.2. The molecule has 13 heteroatoms. The number of carbonyl (C=O) groups is 2. The summed E-state index contributed by atoms with van der Waals surface area (Å²) >= 11 is 5.73. The molecule has 0 saturated carbocycles. The number of benzene rings is 2. The predicted molar refractivity (Wildman–Crippen MR) is 138 cm³/mol. The minimum atomic E-state index is -3.43. The highest BCUT2D eigenvalue weighted by Crippen LogP contribution is 2.54. The Labute approximate surface area is 228 Å². The largest absolute Gasteiger partial charge is 0.443 e. The van der Waals surface area contributed by atoms with Crippen molar-refractivity contribution in [3.63, 3.8) is 0 Å². The Hall–Kier alpha value is -2.60. The van der Waals surface area contributed by atoms with E-state index in [1.54, 1.807) is 36.4 Å². The van der Waals surface area contributed by atoms with Crippen LogP contribution in [0.2, 0.25) is 0 Å². The zero-order chi connectivity index (χ0) is 28.5. The molecule has 39 heavy (non-hydrogen) atoms. The van der Waals surface area contributed by atoms with Crippen molar-refractivity contribution in [2.45, 2.75) is 56.9 Å². The summed E-state index contributed by atoms with van der Waals surface area (Å²) in [7, 11) is 0. The summed E-state index contributed by atoms with van der Waals surface area (Å²) in [6.45, 7) is -0.665. The van der Waals surface area contributed by atoms with Crippen molar-refractivity contribution >= 4 is 30.0 Å². The van der Waals surface area contributed by atoms with Gasteiger partial charge >= 0.3 is 0 Å². The van der Waals surface area contributed by atoms with Crippen molar-refractivity contribution in [1.82, 2.24) is 4.90 Å². The van der Waals surface area contributed by atoms with E-state index in [2.05, 4.69) is 0 Å².